The second-order valence-electron chi connectivity index (χ2n) is 2.74. The number of hydrogen-bond donors (Lipinski definition) is 0. The smallest absolute Gasteiger partial charge is 0.410 e. The third-order valence-corrected chi connectivity index (χ3v) is 1.96. The Kier molecular flexibility index (Phi) is 3.08. The van der Waals surface area contributed by atoms with E-state index in [2.05, 4.69) is 0 Å². The van der Waals surface area contributed by atoms with Gasteiger partial charge in [0, 0.05) is 6.54 Å². The van der Waals surface area contributed by atoms with Gasteiger partial charge in [0.15, 0.2) is 0 Å². The molecule has 0 aromatic rings. The van der Waals surface area contributed by atoms with Crippen molar-refractivity contribution < 1.29 is 14.3 Å². The van der Waals surface area contributed by atoms with Crippen LogP contribution in [-0.4, -0.2) is 36.5 Å². The number of rotatable bonds is 2. The van der Waals surface area contributed by atoms with Crippen molar-refractivity contribution in [2.24, 2.45) is 0 Å². The molecule has 1 saturated heterocycles. The summed E-state index contributed by atoms with van der Waals surface area (Å²) in [4.78, 5) is 23.1. The van der Waals surface area contributed by atoms with Gasteiger partial charge in [0.05, 0.1) is 12.6 Å². The van der Waals surface area contributed by atoms with E-state index in [9.17, 15) is 9.59 Å². The van der Waals surface area contributed by atoms with Crippen LogP contribution in [0.3, 0.4) is 0 Å². The van der Waals surface area contributed by atoms with Gasteiger partial charge in [-0.1, -0.05) is 0 Å². The average molecular weight is 171 g/mol. The van der Waals surface area contributed by atoms with Crippen molar-refractivity contribution in [3.63, 3.8) is 0 Å². The van der Waals surface area contributed by atoms with Crippen molar-refractivity contribution in [1.29, 1.82) is 0 Å². The van der Waals surface area contributed by atoms with Gasteiger partial charge >= 0.3 is 6.09 Å². The van der Waals surface area contributed by atoms with Gasteiger partial charge in [-0.3, -0.25) is 4.90 Å². The highest BCUT2D eigenvalue weighted by atomic mass is 16.6. The number of ether oxygens (including phenoxy) is 1. The minimum Gasteiger partial charge on any atom is -0.450 e. The summed E-state index contributed by atoms with van der Waals surface area (Å²) in [5.41, 5.74) is 0. The van der Waals surface area contributed by atoms with E-state index in [0.29, 0.717) is 13.2 Å². The molecule has 1 rings (SSSR count). The minimum absolute atomic E-state index is 0.260. The van der Waals surface area contributed by atoms with Crippen LogP contribution in [0.25, 0.3) is 0 Å². The Morgan fingerprint density at radius 2 is 2.50 bits per heavy atom. The van der Waals surface area contributed by atoms with Gasteiger partial charge in [0.1, 0.15) is 6.29 Å². The molecule has 12 heavy (non-hydrogen) atoms. The lowest BCUT2D eigenvalue weighted by Crippen LogP contribution is -2.36. The average Bonchev–Trinajstić information content (AvgIpc) is 2.51. The normalized spacial score (nSPS) is 22.4. The van der Waals surface area contributed by atoms with Gasteiger partial charge in [-0.2, -0.15) is 0 Å². The molecule has 1 heterocycles. The van der Waals surface area contributed by atoms with E-state index in [0.717, 1.165) is 19.1 Å². The summed E-state index contributed by atoms with van der Waals surface area (Å²) in [5, 5.41) is 0. The predicted molar refractivity (Wildman–Crippen MR) is 42.8 cm³/mol. The molecule has 4 heteroatoms. The van der Waals surface area contributed by atoms with Gasteiger partial charge < -0.3 is 9.53 Å². The summed E-state index contributed by atoms with van der Waals surface area (Å²) in [6.07, 6.45) is 2.10. The standard InChI is InChI=1S/C8H13NO3/c1-2-12-8(11)9-5-3-4-7(9)6-10/h6-7H,2-5H2,1H3/t7-/m1/s1. The van der Waals surface area contributed by atoms with E-state index in [1.54, 1.807) is 6.92 Å². The maximum Gasteiger partial charge on any atom is 0.410 e. The highest BCUT2D eigenvalue weighted by molar-refractivity contribution is 5.74. The Balaban J connectivity index is 2.49. The number of likely N-dealkylation sites (tertiary alicyclic amines) is 1. The SMILES string of the molecule is CCOC(=O)N1CCC[C@@H]1C=O. The fraction of sp³-hybridized carbons (Fsp3) is 0.750. The Morgan fingerprint density at radius 1 is 1.75 bits per heavy atom. The van der Waals surface area contributed by atoms with Gasteiger partial charge in [-0.25, -0.2) is 4.79 Å². The molecule has 0 radical (unpaired) electrons. The van der Waals surface area contributed by atoms with Crippen molar-refractivity contribution in [3.8, 4) is 0 Å². The molecule has 1 aliphatic heterocycles. The van der Waals surface area contributed by atoms with Crippen LogP contribution >= 0.6 is 0 Å². The fourth-order valence-electron chi connectivity index (χ4n) is 1.37. The molecule has 68 valence electrons. The first-order valence-corrected chi connectivity index (χ1v) is 4.18. The topological polar surface area (TPSA) is 46.6 Å². The molecule has 0 saturated carbocycles. The number of amides is 1. The van der Waals surface area contributed by atoms with Crippen LogP contribution in [0.1, 0.15) is 19.8 Å². The molecular weight excluding hydrogens is 158 g/mol. The monoisotopic (exact) mass is 171 g/mol. The summed E-state index contributed by atoms with van der Waals surface area (Å²) in [7, 11) is 0. The Bertz CT molecular complexity index is 181. The third kappa shape index (κ3) is 1.75. The number of carbonyl (C=O) groups is 2. The zero-order chi connectivity index (χ0) is 8.97. The molecule has 0 bridgehead atoms. The molecule has 1 fully saturated rings. The number of hydrogen-bond acceptors (Lipinski definition) is 3. The van der Waals surface area contributed by atoms with E-state index in [1.165, 1.54) is 4.90 Å². The van der Waals surface area contributed by atoms with Crippen molar-refractivity contribution in [1.82, 2.24) is 4.90 Å². The second kappa shape index (κ2) is 4.09. The Morgan fingerprint density at radius 3 is 3.08 bits per heavy atom. The van der Waals surface area contributed by atoms with E-state index in [-0.39, 0.29) is 12.1 Å². The summed E-state index contributed by atoms with van der Waals surface area (Å²) in [5.74, 6) is 0. The third-order valence-electron chi connectivity index (χ3n) is 1.96. The molecule has 0 unspecified atom stereocenters. The molecule has 0 spiro atoms. The van der Waals surface area contributed by atoms with Gasteiger partial charge in [-0.15, -0.1) is 0 Å². The van der Waals surface area contributed by atoms with Crippen molar-refractivity contribution >= 4 is 12.4 Å². The molecule has 1 aliphatic rings. The van der Waals surface area contributed by atoms with E-state index in [4.69, 9.17) is 4.74 Å². The highest BCUT2D eigenvalue weighted by Gasteiger charge is 2.28. The maximum atomic E-state index is 11.2. The quantitative estimate of drug-likeness (QED) is 0.577. The summed E-state index contributed by atoms with van der Waals surface area (Å²) < 4.78 is 4.79. The molecule has 0 N–H and O–H groups in total. The Hall–Kier alpha value is -1.06. The van der Waals surface area contributed by atoms with Crippen LogP contribution in [0, 0.1) is 0 Å². The summed E-state index contributed by atoms with van der Waals surface area (Å²) in [6.45, 7) is 2.76. The fourth-order valence-corrected chi connectivity index (χ4v) is 1.37. The lowest BCUT2D eigenvalue weighted by Gasteiger charge is -2.18. The van der Waals surface area contributed by atoms with E-state index < -0.39 is 0 Å². The van der Waals surface area contributed by atoms with Crippen LogP contribution in [0.15, 0.2) is 0 Å². The predicted octanol–water partition coefficient (Wildman–Crippen LogP) is 0.806. The van der Waals surface area contributed by atoms with Gasteiger partial charge in [0.2, 0.25) is 0 Å². The van der Waals surface area contributed by atoms with Crippen LogP contribution in [-0.2, 0) is 9.53 Å². The lowest BCUT2D eigenvalue weighted by atomic mass is 10.2. The molecule has 1 amide bonds. The van der Waals surface area contributed by atoms with E-state index >= 15 is 0 Å². The largest absolute Gasteiger partial charge is 0.450 e. The zero-order valence-electron chi connectivity index (χ0n) is 7.16. The van der Waals surface area contributed by atoms with E-state index in [1.807, 2.05) is 0 Å². The van der Waals surface area contributed by atoms with Crippen LogP contribution in [0.2, 0.25) is 0 Å². The highest BCUT2D eigenvalue weighted by Crippen LogP contribution is 2.15. The van der Waals surface area contributed by atoms with Crippen molar-refractivity contribution in [2.45, 2.75) is 25.8 Å². The molecule has 1 atom stereocenters. The minimum atomic E-state index is -0.368. The first-order chi connectivity index (χ1) is 5.79. The van der Waals surface area contributed by atoms with Gasteiger partial charge in [-0.05, 0) is 19.8 Å². The number of aldehydes is 1. The molecule has 0 aromatic heterocycles. The zero-order valence-corrected chi connectivity index (χ0v) is 7.16. The molecule has 0 aliphatic carbocycles. The summed E-state index contributed by atoms with van der Waals surface area (Å²) in [6, 6.07) is -0.260. The number of carbonyl (C=O) groups excluding carboxylic acids is 2. The van der Waals surface area contributed by atoms with Crippen LogP contribution in [0.4, 0.5) is 4.79 Å². The molecule has 0 aromatic carbocycles. The van der Waals surface area contributed by atoms with Crippen molar-refractivity contribution in [3.05, 3.63) is 0 Å². The first kappa shape index (κ1) is 9.03. The van der Waals surface area contributed by atoms with Crippen molar-refractivity contribution in [2.75, 3.05) is 13.2 Å². The van der Waals surface area contributed by atoms with Crippen LogP contribution in [0.5, 0.6) is 0 Å². The second-order valence-corrected chi connectivity index (χ2v) is 2.74. The summed E-state index contributed by atoms with van der Waals surface area (Å²) >= 11 is 0. The number of nitrogens with zero attached hydrogens (tertiary/aromatic N) is 1. The molecule has 4 nitrogen and oxygen atoms in total. The first-order valence-electron chi connectivity index (χ1n) is 4.18. The lowest BCUT2D eigenvalue weighted by molar-refractivity contribution is -0.111. The Labute approximate surface area is 71.5 Å². The van der Waals surface area contributed by atoms with Crippen LogP contribution < -0.4 is 0 Å². The maximum absolute atomic E-state index is 11.2. The van der Waals surface area contributed by atoms with Gasteiger partial charge in [0.25, 0.3) is 0 Å². The molecular formula is C8H13NO3.